The number of aromatic amines is 1. The van der Waals surface area contributed by atoms with E-state index in [1.807, 2.05) is 18.2 Å². The minimum Gasteiger partial charge on any atom is -0.504 e. The SMILES string of the molecule is CC(=O)Nc1cccc(-c2ccc3c(=O)[nH]c(O)c(C=NCc4ccc(O)c(O)c4)c3c2)c1. The largest absolute Gasteiger partial charge is 0.504 e. The van der Waals surface area contributed by atoms with Gasteiger partial charge in [-0.2, -0.15) is 0 Å². The minimum atomic E-state index is -0.429. The van der Waals surface area contributed by atoms with Gasteiger partial charge in [-0.15, -0.1) is 0 Å². The zero-order chi connectivity index (χ0) is 23.5. The molecule has 1 heterocycles. The predicted octanol–water partition coefficient (Wildman–Crippen LogP) is 3.89. The van der Waals surface area contributed by atoms with Crippen molar-refractivity contribution in [3.8, 4) is 28.5 Å². The number of rotatable bonds is 5. The highest BCUT2D eigenvalue weighted by atomic mass is 16.3. The number of hydrogen-bond acceptors (Lipinski definition) is 6. The summed E-state index contributed by atoms with van der Waals surface area (Å²) < 4.78 is 0. The number of anilines is 1. The van der Waals surface area contributed by atoms with E-state index in [-0.39, 0.29) is 29.8 Å². The van der Waals surface area contributed by atoms with Gasteiger partial charge < -0.3 is 20.6 Å². The highest BCUT2D eigenvalue weighted by Gasteiger charge is 2.11. The summed E-state index contributed by atoms with van der Waals surface area (Å²) in [5.74, 6) is -0.954. The quantitative estimate of drug-likeness (QED) is 0.236. The van der Waals surface area contributed by atoms with Crippen molar-refractivity contribution < 1.29 is 20.1 Å². The number of nitrogens with one attached hydrogen (secondary N) is 2. The van der Waals surface area contributed by atoms with E-state index in [4.69, 9.17) is 0 Å². The average molecular weight is 443 g/mol. The average Bonchev–Trinajstić information content (AvgIpc) is 2.77. The molecule has 0 aliphatic heterocycles. The Hall–Kier alpha value is -4.59. The summed E-state index contributed by atoms with van der Waals surface area (Å²) in [5, 5.41) is 33.1. The first kappa shape index (κ1) is 21.6. The Morgan fingerprint density at radius 3 is 2.52 bits per heavy atom. The third-order valence-electron chi connectivity index (χ3n) is 5.09. The predicted molar refractivity (Wildman–Crippen MR) is 127 cm³/mol. The highest BCUT2D eigenvalue weighted by molar-refractivity contribution is 6.03. The molecule has 0 spiro atoms. The van der Waals surface area contributed by atoms with E-state index >= 15 is 0 Å². The maximum atomic E-state index is 12.4. The van der Waals surface area contributed by atoms with Crippen LogP contribution in [0.2, 0.25) is 0 Å². The van der Waals surface area contributed by atoms with Crippen molar-refractivity contribution in [2.75, 3.05) is 5.32 Å². The van der Waals surface area contributed by atoms with Gasteiger partial charge in [-0.05, 0) is 53.1 Å². The molecule has 3 aromatic carbocycles. The molecule has 0 atom stereocenters. The highest BCUT2D eigenvalue weighted by Crippen LogP contribution is 2.29. The normalized spacial score (nSPS) is 11.2. The summed E-state index contributed by atoms with van der Waals surface area (Å²) in [6, 6.07) is 16.9. The second-order valence-corrected chi connectivity index (χ2v) is 7.53. The Bertz CT molecular complexity index is 1460. The first-order chi connectivity index (χ1) is 15.8. The number of nitrogens with zero attached hydrogens (tertiary/aromatic N) is 1. The maximum Gasteiger partial charge on any atom is 0.258 e. The topological polar surface area (TPSA) is 135 Å². The number of hydrogen-bond donors (Lipinski definition) is 5. The van der Waals surface area contributed by atoms with Gasteiger partial charge >= 0.3 is 0 Å². The fourth-order valence-corrected chi connectivity index (χ4v) is 3.53. The van der Waals surface area contributed by atoms with Crippen LogP contribution in [0.4, 0.5) is 5.69 Å². The molecule has 0 saturated carbocycles. The Labute approximate surface area is 188 Å². The van der Waals surface area contributed by atoms with Gasteiger partial charge in [0.15, 0.2) is 11.5 Å². The van der Waals surface area contributed by atoms with Gasteiger partial charge in [0.2, 0.25) is 11.8 Å². The lowest BCUT2D eigenvalue weighted by Crippen LogP contribution is -2.08. The molecule has 0 unspecified atom stereocenters. The molecule has 166 valence electrons. The number of fused-ring (bicyclic) bond motifs is 1. The number of carbonyl (C=O) groups is 1. The molecule has 0 aliphatic rings. The molecule has 0 fully saturated rings. The Balaban J connectivity index is 1.74. The summed E-state index contributed by atoms with van der Waals surface area (Å²) in [6.45, 7) is 1.62. The second kappa shape index (κ2) is 8.88. The molecule has 1 aromatic heterocycles. The van der Waals surface area contributed by atoms with E-state index in [0.29, 0.717) is 27.6 Å². The van der Waals surface area contributed by atoms with Gasteiger partial charge in [0.1, 0.15) is 0 Å². The van der Waals surface area contributed by atoms with Crippen molar-refractivity contribution in [1.82, 2.24) is 4.98 Å². The molecule has 0 aliphatic carbocycles. The first-order valence-electron chi connectivity index (χ1n) is 10.1. The van der Waals surface area contributed by atoms with Gasteiger partial charge in [-0.25, -0.2) is 0 Å². The van der Waals surface area contributed by atoms with Gasteiger partial charge in [-0.1, -0.05) is 24.3 Å². The smallest absolute Gasteiger partial charge is 0.258 e. The van der Waals surface area contributed by atoms with Gasteiger partial charge in [0.05, 0.1) is 12.1 Å². The van der Waals surface area contributed by atoms with E-state index in [1.54, 1.807) is 30.3 Å². The number of phenols is 2. The summed E-state index contributed by atoms with van der Waals surface area (Å²) >= 11 is 0. The molecule has 8 nitrogen and oxygen atoms in total. The van der Waals surface area contributed by atoms with Crippen LogP contribution >= 0.6 is 0 Å². The van der Waals surface area contributed by atoms with Crippen molar-refractivity contribution in [3.05, 3.63) is 82.1 Å². The van der Waals surface area contributed by atoms with E-state index < -0.39 is 5.56 Å². The molecular formula is C25H21N3O5. The second-order valence-electron chi connectivity index (χ2n) is 7.53. The number of amides is 1. The summed E-state index contributed by atoms with van der Waals surface area (Å²) in [4.78, 5) is 30.5. The lowest BCUT2D eigenvalue weighted by atomic mass is 9.99. The van der Waals surface area contributed by atoms with Crippen LogP contribution in [0.3, 0.4) is 0 Å². The fraction of sp³-hybridized carbons (Fsp3) is 0.0800. The third-order valence-corrected chi connectivity index (χ3v) is 5.09. The van der Waals surface area contributed by atoms with E-state index in [0.717, 1.165) is 11.1 Å². The molecular weight excluding hydrogens is 422 g/mol. The number of benzene rings is 3. The van der Waals surface area contributed by atoms with Crippen LogP contribution in [-0.4, -0.2) is 32.4 Å². The number of carbonyl (C=O) groups excluding carboxylic acids is 1. The molecule has 0 radical (unpaired) electrons. The van der Waals surface area contributed by atoms with E-state index in [9.17, 15) is 24.9 Å². The standard InChI is InChI=1S/C25H21N3O5/c1-14(29)27-18-4-2-3-16(10-18)17-6-7-19-20(11-17)21(25(33)28-24(19)32)13-26-12-15-5-8-22(30)23(31)9-15/h2-11,13,30-31H,12H2,1H3,(H,27,29)(H2,28,32,33). The van der Waals surface area contributed by atoms with Gasteiger partial charge in [0, 0.05) is 29.6 Å². The molecule has 1 amide bonds. The van der Waals surface area contributed by atoms with Gasteiger partial charge in [-0.3, -0.25) is 19.6 Å². The number of phenolic OH excluding ortho intramolecular Hbond substituents is 2. The van der Waals surface area contributed by atoms with Gasteiger partial charge in [0.25, 0.3) is 5.56 Å². The maximum absolute atomic E-state index is 12.4. The lowest BCUT2D eigenvalue weighted by molar-refractivity contribution is -0.114. The summed E-state index contributed by atoms with van der Waals surface area (Å²) in [6.07, 6.45) is 1.45. The summed E-state index contributed by atoms with van der Waals surface area (Å²) in [7, 11) is 0. The summed E-state index contributed by atoms with van der Waals surface area (Å²) in [5.41, 5.74) is 2.83. The van der Waals surface area contributed by atoms with Crippen LogP contribution in [0.1, 0.15) is 18.1 Å². The minimum absolute atomic E-state index is 0.178. The lowest BCUT2D eigenvalue weighted by Gasteiger charge is -2.09. The van der Waals surface area contributed by atoms with E-state index in [2.05, 4.69) is 15.3 Å². The molecule has 5 N–H and O–H groups in total. The number of aliphatic imine (C=N–C) groups is 1. The zero-order valence-corrected chi connectivity index (χ0v) is 17.7. The van der Waals surface area contributed by atoms with Crippen LogP contribution in [-0.2, 0) is 11.3 Å². The molecule has 4 rings (SSSR count). The third kappa shape index (κ3) is 4.69. The molecule has 0 bridgehead atoms. The van der Waals surface area contributed by atoms with Crippen molar-refractivity contribution in [1.29, 1.82) is 0 Å². The Morgan fingerprint density at radius 1 is 0.970 bits per heavy atom. The van der Waals surface area contributed by atoms with Crippen molar-refractivity contribution in [2.24, 2.45) is 4.99 Å². The Kier molecular flexibility index (Phi) is 5.82. The Morgan fingerprint density at radius 2 is 1.76 bits per heavy atom. The van der Waals surface area contributed by atoms with Crippen LogP contribution < -0.4 is 10.9 Å². The molecule has 4 aromatic rings. The number of aromatic hydroxyl groups is 3. The molecule has 33 heavy (non-hydrogen) atoms. The molecule has 8 heteroatoms. The van der Waals surface area contributed by atoms with Crippen LogP contribution in [0.5, 0.6) is 17.4 Å². The van der Waals surface area contributed by atoms with Crippen molar-refractivity contribution in [3.63, 3.8) is 0 Å². The van der Waals surface area contributed by atoms with Crippen LogP contribution in [0, 0.1) is 0 Å². The number of pyridine rings is 1. The van der Waals surface area contributed by atoms with Crippen LogP contribution in [0.15, 0.2) is 70.5 Å². The van der Waals surface area contributed by atoms with Crippen molar-refractivity contribution >= 4 is 28.6 Å². The molecule has 0 saturated heterocycles. The van der Waals surface area contributed by atoms with Crippen molar-refractivity contribution in [2.45, 2.75) is 13.5 Å². The van der Waals surface area contributed by atoms with Crippen LogP contribution in [0.25, 0.3) is 21.9 Å². The van der Waals surface area contributed by atoms with E-state index in [1.165, 1.54) is 25.3 Å². The first-order valence-corrected chi connectivity index (χ1v) is 10.1. The zero-order valence-electron chi connectivity index (χ0n) is 17.7. The number of aromatic nitrogens is 1. The monoisotopic (exact) mass is 443 g/mol. The number of H-pyrrole nitrogens is 1. The fourth-order valence-electron chi connectivity index (χ4n) is 3.53.